The molecule has 0 aliphatic carbocycles. The third kappa shape index (κ3) is 3.91. The van der Waals surface area contributed by atoms with Gasteiger partial charge in [-0.25, -0.2) is 0 Å². The predicted molar refractivity (Wildman–Crippen MR) is 86.6 cm³/mol. The average molecular weight is 315 g/mol. The minimum atomic E-state index is -0.164. The van der Waals surface area contributed by atoms with Crippen LogP contribution >= 0.6 is 35.1 Å². The number of hydrogen-bond acceptors (Lipinski definition) is 4. The molecule has 1 N–H and O–H groups in total. The molecular weight excluding hydrogens is 300 g/mol. The van der Waals surface area contributed by atoms with Crippen LogP contribution in [0.3, 0.4) is 0 Å². The Bertz CT molecular complexity index is 519. The SMILES string of the molecule is Cc1c(Cl)cccc1NC(=O)C(C)SC1=NCCS1. The predicted octanol–water partition coefficient (Wildman–Crippen LogP) is 3.81. The number of anilines is 1. The summed E-state index contributed by atoms with van der Waals surface area (Å²) >= 11 is 9.26. The first kappa shape index (κ1) is 14.8. The Kier molecular flexibility index (Phi) is 5.19. The molecule has 19 heavy (non-hydrogen) atoms. The molecule has 1 aliphatic heterocycles. The van der Waals surface area contributed by atoms with Gasteiger partial charge in [-0.3, -0.25) is 9.79 Å². The molecule has 1 atom stereocenters. The minimum Gasteiger partial charge on any atom is -0.325 e. The molecule has 0 bridgehead atoms. The van der Waals surface area contributed by atoms with Gasteiger partial charge in [0.1, 0.15) is 4.38 Å². The lowest BCUT2D eigenvalue weighted by Gasteiger charge is -2.13. The van der Waals surface area contributed by atoms with E-state index in [0.717, 1.165) is 27.9 Å². The van der Waals surface area contributed by atoms with Crippen LogP contribution in [0.4, 0.5) is 5.69 Å². The number of nitrogens with one attached hydrogen (secondary N) is 1. The maximum atomic E-state index is 12.1. The molecule has 0 spiro atoms. The number of halogens is 1. The number of hydrogen-bond donors (Lipinski definition) is 1. The number of nitrogens with zero attached hydrogens (tertiary/aromatic N) is 1. The van der Waals surface area contributed by atoms with Gasteiger partial charge < -0.3 is 5.32 Å². The smallest absolute Gasteiger partial charge is 0.237 e. The third-order valence-electron chi connectivity index (χ3n) is 2.73. The number of aliphatic imine (C=N–C) groups is 1. The summed E-state index contributed by atoms with van der Waals surface area (Å²) in [5.74, 6) is 0.995. The average Bonchev–Trinajstić information content (AvgIpc) is 2.87. The molecule has 1 unspecified atom stereocenters. The maximum Gasteiger partial charge on any atom is 0.237 e. The van der Waals surface area contributed by atoms with Crippen LogP contribution in [0, 0.1) is 6.92 Å². The van der Waals surface area contributed by atoms with Crippen molar-refractivity contribution in [3.05, 3.63) is 28.8 Å². The van der Waals surface area contributed by atoms with E-state index < -0.39 is 0 Å². The molecule has 1 aromatic rings. The normalized spacial score (nSPS) is 16.1. The summed E-state index contributed by atoms with van der Waals surface area (Å²) in [6, 6.07) is 5.51. The Labute approximate surface area is 126 Å². The maximum absolute atomic E-state index is 12.1. The van der Waals surface area contributed by atoms with Gasteiger partial charge in [0, 0.05) is 16.5 Å². The summed E-state index contributed by atoms with van der Waals surface area (Å²) in [6.07, 6.45) is 0. The summed E-state index contributed by atoms with van der Waals surface area (Å²) in [4.78, 5) is 16.5. The van der Waals surface area contributed by atoms with Gasteiger partial charge in [-0.05, 0) is 31.5 Å². The molecule has 0 fully saturated rings. The molecule has 0 saturated heterocycles. The highest BCUT2D eigenvalue weighted by Crippen LogP contribution is 2.27. The summed E-state index contributed by atoms with van der Waals surface area (Å²) in [6.45, 7) is 4.64. The van der Waals surface area contributed by atoms with E-state index in [1.165, 1.54) is 11.8 Å². The first-order valence-corrected chi connectivity index (χ1v) is 8.22. The van der Waals surface area contributed by atoms with Gasteiger partial charge in [-0.1, -0.05) is 41.2 Å². The van der Waals surface area contributed by atoms with Gasteiger partial charge in [-0.2, -0.15) is 0 Å². The molecule has 1 aromatic carbocycles. The van der Waals surface area contributed by atoms with Crippen molar-refractivity contribution in [2.24, 2.45) is 4.99 Å². The zero-order valence-electron chi connectivity index (χ0n) is 10.8. The molecule has 2 rings (SSSR count). The van der Waals surface area contributed by atoms with Gasteiger partial charge in [-0.15, -0.1) is 0 Å². The number of amides is 1. The third-order valence-corrected chi connectivity index (χ3v) is 5.44. The van der Waals surface area contributed by atoms with Crippen LogP contribution in [0.1, 0.15) is 12.5 Å². The number of benzene rings is 1. The number of rotatable bonds is 3. The summed E-state index contributed by atoms with van der Waals surface area (Å²) < 4.78 is 1.01. The second-order valence-electron chi connectivity index (χ2n) is 4.16. The van der Waals surface area contributed by atoms with E-state index in [4.69, 9.17) is 11.6 Å². The number of thioether (sulfide) groups is 2. The topological polar surface area (TPSA) is 41.5 Å². The van der Waals surface area contributed by atoms with Gasteiger partial charge in [0.15, 0.2) is 0 Å². The number of carbonyl (C=O) groups is 1. The van der Waals surface area contributed by atoms with E-state index in [1.807, 2.05) is 32.0 Å². The summed E-state index contributed by atoms with van der Waals surface area (Å²) in [5.41, 5.74) is 1.66. The van der Waals surface area contributed by atoms with E-state index >= 15 is 0 Å². The van der Waals surface area contributed by atoms with Crippen molar-refractivity contribution in [3.8, 4) is 0 Å². The van der Waals surface area contributed by atoms with E-state index in [0.29, 0.717) is 5.02 Å². The van der Waals surface area contributed by atoms with Gasteiger partial charge in [0.05, 0.1) is 11.8 Å². The Morgan fingerprint density at radius 1 is 1.58 bits per heavy atom. The lowest BCUT2D eigenvalue weighted by atomic mass is 10.2. The van der Waals surface area contributed by atoms with Gasteiger partial charge in [0.2, 0.25) is 5.91 Å². The van der Waals surface area contributed by atoms with Crippen LogP contribution in [0.5, 0.6) is 0 Å². The molecule has 0 saturated carbocycles. The standard InChI is InChI=1S/C13H15ClN2OS2/c1-8-10(14)4-3-5-11(8)16-12(17)9(2)19-13-15-6-7-18-13/h3-5,9H,6-7H2,1-2H3,(H,16,17). The van der Waals surface area contributed by atoms with Gasteiger partial charge in [0.25, 0.3) is 0 Å². The van der Waals surface area contributed by atoms with Crippen molar-refractivity contribution in [2.75, 3.05) is 17.6 Å². The molecule has 6 heteroatoms. The Morgan fingerprint density at radius 2 is 2.37 bits per heavy atom. The second kappa shape index (κ2) is 6.68. The fourth-order valence-corrected chi connectivity index (χ4v) is 3.87. The summed E-state index contributed by atoms with van der Waals surface area (Å²) in [5, 5.41) is 3.41. The zero-order chi connectivity index (χ0) is 13.8. The van der Waals surface area contributed by atoms with Crippen molar-refractivity contribution in [1.82, 2.24) is 0 Å². The van der Waals surface area contributed by atoms with Crippen molar-refractivity contribution >= 4 is 51.1 Å². The van der Waals surface area contributed by atoms with Crippen LogP contribution in [0.15, 0.2) is 23.2 Å². The molecule has 1 amide bonds. The Balaban J connectivity index is 1.98. The first-order chi connectivity index (χ1) is 9.08. The molecule has 1 aliphatic rings. The molecule has 3 nitrogen and oxygen atoms in total. The number of carbonyl (C=O) groups excluding carboxylic acids is 1. The van der Waals surface area contributed by atoms with E-state index in [2.05, 4.69) is 10.3 Å². The van der Waals surface area contributed by atoms with Crippen molar-refractivity contribution in [3.63, 3.8) is 0 Å². The largest absolute Gasteiger partial charge is 0.325 e. The fraction of sp³-hybridized carbons (Fsp3) is 0.385. The van der Waals surface area contributed by atoms with Crippen molar-refractivity contribution in [1.29, 1.82) is 0 Å². The van der Waals surface area contributed by atoms with Crippen LogP contribution in [0.2, 0.25) is 5.02 Å². The zero-order valence-corrected chi connectivity index (χ0v) is 13.2. The lowest BCUT2D eigenvalue weighted by molar-refractivity contribution is -0.115. The van der Waals surface area contributed by atoms with E-state index in [1.54, 1.807) is 11.8 Å². The fourth-order valence-electron chi connectivity index (χ4n) is 1.57. The quantitative estimate of drug-likeness (QED) is 0.922. The summed E-state index contributed by atoms with van der Waals surface area (Å²) in [7, 11) is 0. The molecule has 102 valence electrons. The highest BCUT2D eigenvalue weighted by Gasteiger charge is 2.19. The highest BCUT2D eigenvalue weighted by molar-refractivity contribution is 8.39. The van der Waals surface area contributed by atoms with Crippen molar-refractivity contribution < 1.29 is 4.79 Å². The van der Waals surface area contributed by atoms with Crippen LogP contribution in [-0.4, -0.2) is 27.8 Å². The molecule has 1 heterocycles. The van der Waals surface area contributed by atoms with E-state index in [-0.39, 0.29) is 11.2 Å². The molecule has 0 radical (unpaired) electrons. The molecule has 0 aromatic heterocycles. The van der Waals surface area contributed by atoms with Crippen LogP contribution < -0.4 is 5.32 Å². The van der Waals surface area contributed by atoms with Crippen molar-refractivity contribution in [2.45, 2.75) is 19.1 Å². The molecular formula is C13H15ClN2OS2. The van der Waals surface area contributed by atoms with Crippen LogP contribution in [0.25, 0.3) is 0 Å². The first-order valence-electron chi connectivity index (χ1n) is 5.98. The van der Waals surface area contributed by atoms with Crippen LogP contribution in [-0.2, 0) is 4.79 Å². The van der Waals surface area contributed by atoms with Gasteiger partial charge >= 0.3 is 0 Å². The Hall–Kier alpha value is -0.650. The minimum absolute atomic E-state index is 0.0226. The van der Waals surface area contributed by atoms with E-state index in [9.17, 15) is 4.79 Å². The Morgan fingerprint density at radius 3 is 3.05 bits per heavy atom. The monoisotopic (exact) mass is 314 g/mol. The second-order valence-corrected chi connectivity index (χ2v) is 7.24. The lowest BCUT2D eigenvalue weighted by Crippen LogP contribution is -2.23. The highest BCUT2D eigenvalue weighted by atomic mass is 35.5.